The summed E-state index contributed by atoms with van der Waals surface area (Å²) in [6.07, 6.45) is 3.43. The second-order valence-electron chi connectivity index (χ2n) is 5.15. The van der Waals surface area contributed by atoms with Crippen molar-refractivity contribution in [3.05, 3.63) is 0 Å². The van der Waals surface area contributed by atoms with Crippen LogP contribution in [0, 0.1) is 5.92 Å². The molecular weight excluding hydrogens is 236 g/mol. The van der Waals surface area contributed by atoms with E-state index >= 15 is 0 Å². The highest BCUT2D eigenvalue weighted by Gasteiger charge is 2.37. The normalized spacial score (nSPS) is 23.2. The molecule has 1 atom stereocenters. The Kier molecular flexibility index (Phi) is 4.06. The van der Waals surface area contributed by atoms with Crippen molar-refractivity contribution in [2.75, 3.05) is 26.2 Å². The maximum absolute atomic E-state index is 12.2. The van der Waals surface area contributed by atoms with Gasteiger partial charge >= 0.3 is 12.0 Å². The van der Waals surface area contributed by atoms with Crippen molar-refractivity contribution in [1.29, 1.82) is 0 Å². The van der Waals surface area contributed by atoms with E-state index in [1.165, 1.54) is 4.90 Å². The van der Waals surface area contributed by atoms with E-state index < -0.39 is 5.97 Å². The second-order valence-corrected chi connectivity index (χ2v) is 5.15. The SMILES string of the molecule is O=C(O)CN(C(=O)N1CCC(CCO)C1)C1CC1. The third-order valence-corrected chi connectivity index (χ3v) is 3.63. The van der Waals surface area contributed by atoms with Crippen LogP contribution in [0.4, 0.5) is 4.79 Å². The summed E-state index contributed by atoms with van der Waals surface area (Å²) >= 11 is 0. The number of rotatable bonds is 5. The molecule has 6 nitrogen and oxygen atoms in total. The van der Waals surface area contributed by atoms with E-state index in [9.17, 15) is 9.59 Å². The number of hydrogen-bond donors (Lipinski definition) is 2. The predicted octanol–water partition coefficient (Wildman–Crippen LogP) is 0.360. The molecule has 0 aromatic heterocycles. The zero-order valence-electron chi connectivity index (χ0n) is 10.4. The maximum Gasteiger partial charge on any atom is 0.323 e. The van der Waals surface area contributed by atoms with Gasteiger partial charge in [0.25, 0.3) is 0 Å². The first-order valence-electron chi connectivity index (χ1n) is 6.50. The molecule has 1 aliphatic carbocycles. The molecule has 2 aliphatic rings. The largest absolute Gasteiger partial charge is 0.480 e. The van der Waals surface area contributed by atoms with Crippen LogP contribution in [-0.4, -0.2) is 64.3 Å². The van der Waals surface area contributed by atoms with Gasteiger partial charge < -0.3 is 20.0 Å². The Morgan fingerprint density at radius 3 is 2.56 bits per heavy atom. The van der Waals surface area contributed by atoms with Crippen molar-refractivity contribution >= 4 is 12.0 Å². The highest BCUT2D eigenvalue weighted by molar-refractivity contribution is 5.81. The summed E-state index contributed by atoms with van der Waals surface area (Å²) in [5.74, 6) is -0.605. The molecule has 1 aliphatic heterocycles. The number of aliphatic hydroxyl groups is 1. The van der Waals surface area contributed by atoms with Crippen LogP contribution >= 0.6 is 0 Å². The van der Waals surface area contributed by atoms with Gasteiger partial charge in [-0.05, 0) is 31.6 Å². The van der Waals surface area contributed by atoms with Gasteiger partial charge in [0.15, 0.2) is 0 Å². The van der Waals surface area contributed by atoms with E-state index in [-0.39, 0.29) is 25.2 Å². The zero-order chi connectivity index (χ0) is 13.1. The first-order valence-corrected chi connectivity index (χ1v) is 6.50. The molecule has 1 saturated heterocycles. The Morgan fingerprint density at radius 1 is 1.28 bits per heavy atom. The lowest BCUT2D eigenvalue weighted by atomic mass is 10.1. The molecule has 2 rings (SSSR count). The van der Waals surface area contributed by atoms with Gasteiger partial charge in [0.1, 0.15) is 6.54 Å². The molecule has 0 aromatic rings. The fourth-order valence-electron chi connectivity index (χ4n) is 2.49. The van der Waals surface area contributed by atoms with Gasteiger partial charge in [-0.25, -0.2) is 4.79 Å². The van der Waals surface area contributed by atoms with Crippen LogP contribution in [0.5, 0.6) is 0 Å². The molecule has 1 saturated carbocycles. The summed E-state index contributed by atoms with van der Waals surface area (Å²) in [6.45, 7) is 1.26. The number of amides is 2. The average Bonchev–Trinajstić information content (AvgIpc) is 3.06. The number of carbonyl (C=O) groups excluding carboxylic acids is 1. The molecule has 1 unspecified atom stereocenters. The zero-order valence-corrected chi connectivity index (χ0v) is 10.4. The lowest BCUT2D eigenvalue weighted by Crippen LogP contribution is -2.45. The molecular formula is C12H20N2O4. The second kappa shape index (κ2) is 5.56. The summed E-state index contributed by atoms with van der Waals surface area (Å²) < 4.78 is 0. The lowest BCUT2D eigenvalue weighted by molar-refractivity contribution is -0.137. The molecule has 0 spiro atoms. The smallest absolute Gasteiger partial charge is 0.323 e. The fourth-order valence-corrected chi connectivity index (χ4v) is 2.49. The monoisotopic (exact) mass is 256 g/mol. The summed E-state index contributed by atoms with van der Waals surface area (Å²) in [4.78, 5) is 26.2. The van der Waals surface area contributed by atoms with E-state index in [1.54, 1.807) is 4.90 Å². The van der Waals surface area contributed by atoms with Crippen molar-refractivity contribution in [3.8, 4) is 0 Å². The van der Waals surface area contributed by atoms with Crippen molar-refractivity contribution in [3.63, 3.8) is 0 Å². The molecule has 6 heteroatoms. The van der Waals surface area contributed by atoms with Crippen LogP contribution in [0.3, 0.4) is 0 Å². The van der Waals surface area contributed by atoms with Crippen LogP contribution in [-0.2, 0) is 4.79 Å². The first-order chi connectivity index (χ1) is 8.61. The number of carboxylic acids is 1. The maximum atomic E-state index is 12.2. The average molecular weight is 256 g/mol. The number of carboxylic acid groups (broad SMARTS) is 1. The Labute approximate surface area is 106 Å². The standard InChI is InChI=1S/C12H20N2O4/c15-6-4-9-3-5-13(7-9)12(18)14(8-11(16)17)10-1-2-10/h9-10,15H,1-8H2,(H,16,17). The molecule has 0 radical (unpaired) electrons. The Morgan fingerprint density at radius 2 is 2.00 bits per heavy atom. The van der Waals surface area contributed by atoms with E-state index in [0.717, 1.165) is 19.3 Å². The van der Waals surface area contributed by atoms with E-state index in [2.05, 4.69) is 0 Å². The van der Waals surface area contributed by atoms with Crippen molar-refractivity contribution in [1.82, 2.24) is 9.80 Å². The quantitative estimate of drug-likeness (QED) is 0.744. The summed E-state index contributed by atoms with van der Waals surface area (Å²) in [6, 6.07) is -0.0363. The molecule has 2 fully saturated rings. The Balaban J connectivity index is 1.90. The van der Waals surface area contributed by atoms with Gasteiger partial charge in [0.05, 0.1) is 0 Å². The lowest BCUT2D eigenvalue weighted by Gasteiger charge is -2.26. The van der Waals surface area contributed by atoms with Crippen LogP contribution in [0.15, 0.2) is 0 Å². The molecule has 102 valence electrons. The van der Waals surface area contributed by atoms with E-state index in [1.807, 2.05) is 0 Å². The van der Waals surface area contributed by atoms with E-state index in [4.69, 9.17) is 10.2 Å². The third-order valence-electron chi connectivity index (χ3n) is 3.63. The minimum atomic E-state index is -0.957. The third kappa shape index (κ3) is 3.13. The molecule has 2 N–H and O–H groups in total. The highest BCUT2D eigenvalue weighted by atomic mass is 16.4. The number of nitrogens with zero attached hydrogens (tertiary/aromatic N) is 2. The topological polar surface area (TPSA) is 81.1 Å². The number of urea groups is 1. The summed E-state index contributed by atoms with van der Waals surface area (Å²) in [5, 5.41) is 17.7. The molecule has 2 amide bonds. The highest BCUT2D eigenvalue weighted by Crippen LogP contribution is 2.29. The van der Waals surface area contributed by atoms with E-state index in [0.29, 0.717) is 25.4 Å². The number of aliphatic hydroxyl groups excluding tert-OH is 1. The number of carbonyl (C=O) groups is 2. The molecule has 1 heterocycles. The number of aliphatic carboxylic acids is 1. The first kappa shape index (κ1) is 13.1. The van der Waals surface area contributed by atoms with Crippen LogP contribution in [0.1, 0.15) is 25.7 Å². The van der Waals surface area contributed by atoms with Gasteiger partial charge in [0, 0.05) is 25.7 Å². The summed E-state index contributed by atoms with van der Waals surface area (Å²) in [5.41, 5.74) is 0. The van der Waals surface area contributed by atoms with Gasteiger partial charge in [-0.3, -0.25) is 4.79 Å². The van der Waals surface area contributed by atoms with Crippen molar-refractivity contribution in [2.45, 2.75) is 31.7 Å². The van der Waals surface area contributed by atoms with Gasteiger partial charge in [-0.1, -0.05) is 0 Å². The predicted molar refractivity (Wildman–Crippen MR) is 64.1 cm³/mol. The van der Waals surface area contributed by atoms with Crippen LogP contribution < -0.4 is 0 Å². The van der Waals surface area contributed by atoms with Crippen molar-refractivity contribution in [2.24, 2.45) is 5.92 Å². The van der Waals surface area contributed by atoms with Gasteiger partial charge in [0.2, 0.25) is 0 Å². The number of hydrogen-bond acceptors (Lipinski definition) is 3. The molecule has 18 heavy (non-hydrogen) atoms. The van der Waals surface area contributed by atoms with Crippen LogP contribution in [0.2, 0.25) is 0 Å². The fraction of sp³-hybridized carbons (Fsp3) is 0.833. The molecule has 0 aromatic carbocycles. The Hall–Kier alpha value is -1.30. The minimum absolute atomic E-state index is 0.116. The molecule has 0 bridgehead atoms. The summed E-state index contributed by atoms with van der Waals surface area (Å²) in [7, 11) is 0. The van der Waals surface area contributed by atoms with Gasteiger partial charge in [-0.15, -0.1) is 0 Å². The van der Waals surface area contributed by atoms with Gasteiger partial charge in [-0.2, -0.15) is 0 Å². The van der Waals surface area contributed by atoms with Crippen molar-refractivity contribution < 1.29 is 19.8 Å². The minimum Gasteiger partial charge on any atom is -0.480 e. The van der Waals surface area contributed by atoms with Crippen LogP contribution in [0.25, 0.3) is 0 Å². The Bertz CT molecular complexity index is 330. The number of likely N-dealkylation sites (tertiary alicyclic amines) is 1.